The molecule has 0 spiro atoms. The number of hydrogen-bond donors (Lipinski definition) is 2. The van der Waals surface area contributed by atoms with Crippen molar-refractivity contribution in [2.75, 3.05) is 30.4 Å². The number of amides is 1. The monoisotopic (exact) mass is 412 g/mol. The van der Waals surface area contributed by atoms with Gasteiger partial charge in [-0.25, -0.2) is 0 Å². The standard InChI is InChI=1S/C25H36N2O3/c1-3-5-7-8-9-17-30-23-14-10-12-21(18-23)26-20-25(28)27-22-13-11-15-24(19-22)29-16-6-4-2/h10-15,18-19,26H,3-9,16-17,20H2,1-2H3,(H,27,28). The molecular weight excluding hydrogens is 376 g/mol. The van der Waals surface area contributed by atoms with Gasteiger partial charge in [0.2, 0.25) is 5.91 Å². The van der Waals surface area contributed by atoms with E-state index in [1.54, 1.807) is 0 Å². The molecule has 2 rings (SSSR count). The van der Waals surface area contributed by atoms with Gasteiger partial charge in [0.25, 0.3) is 0 Å². The molecule has 0 aliphatic carbocycles. The van der Waals surface area contributed by atoms with E-state index < -0.39 is 0 Å². The topological polar surface area (TPSA) is 59.6 Å². The Bertz CT molecular complexity index is 749. The van der Waals surface area contributed by atoms with E-state index in [2.05, 4.69) is 24.5 Å². The molecule has 0 saturated heterocycles. The molecule has 0 saturated carbocycles. The summed E-state index contributed by atoms with van der Waals surface area (Å²) in [5.74, 6) is 1.49. The molecule has 2 aromatic rings. The summed E-state index contributed by atoms with van der Waals surface area (Å²) in [7, 11) is 0. The summed E-state index contributed by atoms with van der Waals surface area (Å²) in [6.45, 7) is 5.94. The molecule has 30 heavy (non-hydrogen) atoms. The van der Waals surface area contributed by atoms with Gasteiger partial charge < -0.3 is 20.1 Å². The molecule has 0 unspecified atom stereocenters. The number of nitrogens with one attached hydrogen (secondary N) is 2. The van der Waals surface area contributed by atoms with Gasteiger partial charge in [-0.15, -0.1) is 0 Å². The predicted octanol–water partition coefficient (Wildman–Crippen LogP) is 6.27. The Morgan fingerprint density at radius 1 is 0.767 bits per heavy atom. The first-order valence-electron chi connectivity index (χ1n) is 11.2. The van der Waals surface area contributed by atoms with Crippen LogP contribution in [-0.4, -0.2) is 25.7 Å². The number of carbonyl (C=O) groups is 1. The predicted molar refractivity (Wildman–Crippen MR) is 125 cm³/mol. The van der Waals surface area contributed by atoms with Crippen LogP contribution < -0.4 is 20.1 Å². The highest BCUT2D eigenvalue weighted by molar-refractivity contribution is 5.93. The maximum atomic E-state index is 12.3. The molecule has 5 nitrogen and oxygen atoms in total. The Morgan fingerprint density at radius 3 is 2.07 bits per heavy atom. The van der Waals surface area contributed by atoms with Crippen LogP contribution in [0.2, 0.25) is 0 Å². The fourth-order valence-corrected chi connectivity index (χ4v) is 2.98. The van der Waals surface area contributed by atoms with E-state index in [1.165, 1.54) is 25.7 Å². The van der Waals surface area contributed by atoms with Crippen molar-refractivity contribution in [2.24, 2.45) is 0 Å². The van der Waals surface area contributed by atoms with Crippen LogP contribution in [0.5, 0.6) is 11.5 Å². The molecule has 0 fully saturated rings. The molecule has 0 heterocycles. The molecular formula is C25H36N2O3. The van der Waals surface area contributed by atoms with Crippen LogP contribution in [0.3, 0.4) is 0 Å². The van der Waals surface area contributed by atoms with E-state index in [4.69, 9.17) is 9.47 Å². The Labute approximate surface area is 181 Å². The molecule has 0 aliphatic heterocycles. The van der Waals surface area contributed by atoms with E-state index in [1.807, 2.05) is 48.5 Å². The second-order valence-corrected chi connectivity index (χ2v) is 7.42. The molecule has 2 aromatic carbocycles. The average molecular weight is 413 g/mol. The van der Waals surface area contributed by atoms with Crippen LogP contribution in [0, 0.1) is 0 Å². The summed E-state index contributed by atoms with van der Waals surface area (Å²) in [4.78, 5) is 12.3. The number of anilines is 2. The molecule has 1 amide bonds. The maximum absolute atomic E-state index is 12.3. The number of unbranched alkanes of at least 4 members (excludes halogenated alkanes) is 5. The lowest BCUT2D eigenvalue weighted by molar-refractivity contribution is -0.114. The van der Waals surface area contributed by atoms with Crippen LogP contribution in [0.15, 0.2) is 48.5 Å². The van der Waals surface area contributed by atoms with E-state index >= 15 is 0 Å². The third kappa shape index (κ3) is 9.68. The average Bonchev–Trinajstić information content (AvgIpc) is 2.75. The molecule has 0 atom stereocenters. The molecule has 0 aromatic heterocycles. The number of rotatable bonds is 15. The highest BCUT2D eigenvalue weighted by atomic mass is 16.5. The summed E-state index contributed by atoms with van der Waals surface area (Å²) in [6, 6.07) is 15.2. The smallest absolute Gasteiger partial charge is 0.243 e. The van der Waals surface area contributed by atoms with Gasteiger partial charge in [-0.1, -0.05) is 58.1 Å². The van der Waals surface area contributed by atoms with Crippen molar-refractivity contribution in [1.82, 2.24) is 0 Å². The van der Waals surface area contributed by atoms with Crippen molar-refractivity contribution >= 4 is 17.3 Å². The quantitative estimate of drug-likeness (QED) is 0.339. The van der Waals surface area contributed by atoms with Crippen LogP contribution in [0.25, 0.3) is 0 Å². The van der Waals surface area contributed by atoms with Crippen molar-refractivity contribution < 1.29 is 14.3 Å². The normalized spacial score (nSPS) is 10.5. The minimum absolute atomic E-state index is 0.108. The second-order valence-electron chi connectivity index (χ2n) is 7.42. The van der Waals surface area contributed by atoms with Crippen molar-refractivity contribution in [1.29, 1.82) is 0 Å². The first-order chi connectivity index (χ1) is 14.7. The number of carbonyl (C=O) groups excluding carboxylic acids is 1. The molecule has 2 N–H and O–H groups in total. The molecule has 0 aliphatic rings. The lowest BCUT2D eigenvalue weighted by atomic mass is 10.2. The molecule has 164 valence electrons. The largest absolute Gasteiger partial charge is 0.494 e. The zero-order chi connectivity index (χ0) is 21.4. The summed E-state index contributed by atoms with van der Waals surface area (Å²) >= 11 is 0. The minimum Gasteiger partial charge on any atom is -0.494 e. The molecule has 0 radical (unpaired) electrons. The van der Waals surface area contributed by atoms with Crippen LogP contribution in [0.4, 0.5) is 11.4 Å². The van der Waals surface area contributed by atoms with E-state index in [0.717, 1.165) is 48.7 Å². The molecule has 0 bridgehead atoms. The van der Waals surface area contributed by atoms with E-state index in [0.29, 0.717) is 6.61 Å². The van der Waals surface area contributed by atoms with Crippen molar-refractivity contribution in [3.05, 3.63) is 48.5 Å². The highest BCUT2D eigenvalue weighted by Gasteiger charge is 2.05. The number of hydrogen-bond acceptors (Lipinski definition) is 4. The third-order valence-electron chi connectivity index (χ3n) is 4.69. The summed E-state index contributed by atoms with van der Waals surface area (Å²) in [5, 5.41) is 6.06. The Morgan fingerprint density at radius 2 is 1.37 bits per heavy atom. The summed E-state index contributed by atoms with van der Waals surface area (Å²) in [6.07, 6.45) is 8.19. The first-order valence-corrected chi connectivity index (χ1v) is 11.2. The minimum atomic E-state index is -0.108. The van der Waals surface area contributed by atoms with Crippen LogP contribution in [0.1, 0.15) is 58.8 Å². The SMILES string of the molecule is CCCCCCCOc1cccc(NCC(=O)Nc2cccc(OCCCC)c2)c1. The zero-order valence-corrected chi connectivity index (χ0v) is 18.4. The Hall–Kier alpha value is -2.69. The van der Waals surface area contributed by atoms with Crippen LogP contribution >= 0.6 is 0 Å². The number of benzene rings is 2. The lowest BCUT2D eigenvalue weighted by Gasteiger charge is -2.11. The van der Waals surface area contributed by atoms with Crippen molar-refractivity contribution in [3.63, 3.8) is 0 Å². The van der Waals surface area contributed by atoms with Gasteiger partial charge in [0, 0.05) is 23.5 Å². The van der Waals surface area contributed by atoms with Gasteiger partial charge in [-0.3, -0.25) is 4.79 Å². The maximum Gasteiger partial charge on any atom is 0.243 e. The fraction of sp³-hybridized carbons (Fsp3) is 0.480. The number of ether oxygens (including phenoxy) is 2. The van der Waals surface area contributed by atoms with Gasteiger partial charge in [-0.05, 0) is 37.1 Å². The highest BCUT2D eigenvalue weighted by Crippen LogP contribution is 2.19. The van der Waals surface area contributed by atoms with Gasteiger partial charge in [0.05, 0.1) is 19.8 Å². The lowest BCUT2D eigenvalue weighted by Crippen LogP contribution is -2.21. The molecule has 5 heteroatoms. The van der Waals surface area contributed by atoms with Crippen molar-refractivity contribution in [3.8, 4) is 11.5 Å². The van der Waals surface area contributed by atoms with E-state index in [-0.39, 0.29) is 12.5 Å². The van der Waals surface area contributed by atoms with Crippen molar-refractivity contribution in [2.45, 2.75) is 58.8 Å². The third-order valence-corrected chi connectivity index (χ3v) is 4.69. The Balaban J connectivity index is 1.73. The first kappa shape index (κ1) is 23.6. The summed E-state index contributed by atoms with van der Waals surface area (Å²) in [5.41, 5.74) is 1.60. The zero-order valence-electron chi connectivity index (χ0n) is 18.4. The van der Waals surface area contributed by atoms with E-state index in [9.17, 15) is 4.79 Å². The van der Waals surface area contributed by atoms with Gasteiger partial charge in [0.1, 0.15) is 11.5 Å². The fourth-order valence-electron chi connectivity index (χ4n) is 2.98. The van der Waals surface area contributed by atoms with Gasteiger partial charge in [-0.2, -0.15) is 0 Å². The Kier molecular flexibility index (Phi) is 11.3. The summed E-state index contributed by atoms with van der Waals surface area (Å²) < 4.78 is 11.5. The van der Waals surface area contributed by atoms with Crippen LogP contribution in [-0.2, 0) is 4.79 Å². The van der Waals surface area contributed by atoms with Gasteiger partial charge >= 0.3 is 0 Å². The second kappa shape index (κ2) is 14.3. The van der Waals surface area contributed by atoms with Gasteiger partial charge in [0.15, 0.2) is 0 Å².